The first-order valence-corrected chi connectivity index (χ1v) is 9.00. The molecule has 0 aliphatic heterocycles. The van der Waals surface area contributed by atoms with Gasteiger partial charge in [0, 0.05) is 5.56 Å². The molecule has 1 aromatic heterocycles. The van der Waals surface area contributed by atoms with E-state index in [2.05, 4.69) is 20.7 Å². The first kappa shape index (κ1) is 18.5. The van der Waals surface area contributed by atoms with Crippen LogP contribution in [0.3, 0.4) is 0 Å². The molecule has 0 amide bonds. The van der Waals surface area contributed by atoms with E-state index in [1.807, 2.05) is 42.5 Å². The number of methoxy groups -OCH3 is 1. The number of benzene rings is 2. The second-order valence-corrected chi connectivity index (χ2v) is 6.34. The van der Waals surface area contributed by atoms with Crippen molar-refractivity contribution < 1.29 is 9.53 Å². The van der Waals surface area contributed by atoms with E-state index in [1.54, 1.807) is 25.5 Å². The minimum Gasteiger partial charge on any atom is -0.497 e. The van der Waals surface area contributed by atoms with E-state index < -0.39 is 0 Å². The van der Waals surface area contributed by atoms with Crippen LogP contribution in [0, 0.1) is 0 Å². The zero-order valence-corrected chi connectivity index (χ0v) is 15.4. The van der Waals surface area contributed by atoms with E-state index in [0.29, 0.717) is 10.7 Å². The summed E-state index contributed by atoms with van der Waals surface area (Å²) in [6, 6.07) is 16.5. The van der Waals surface area contributed by atoms with Crippen LogP contribution in [0.25, 0.3) is 0 Å². The molecule has 8 nitrogen and oxygen atoms in total. The molecule has 27 heavy (non-hydrogen) atoms. The molecule has 9 heteroatoms. The number of rotatable bonds is 8. The van der Waals surface area contributed by atoms with Gasteiger partial charge in [-0.3, -0.25) is 4.79 Å². The number of ketones is 1. The van der Waals surface area contributed by atoms with Gasteiger partial charge in [-0.25, -0.2) is 10.1 Å². The average molecular weight is 382 g/mol. The molecule has 1 heterocycles. The van der Waals surface area contributed by atoms with Crippen molar-refractivity contribution in [2.75, 3.05) is 24.1 Å². The quantitative estimate of drug-likeness (QED) is 0.202. The summed E-state index contributed by atoms with van der Waals surface area (Å²) in [5.74, 6) is 7.17. The Morgan fingerprint density at radius 3 is 2.85 bits per heavy atom. The van der Waals surface area contributed by atoms with Crippen LogP contribution >= 0.6 is 11.8 Å². The fourth-order valence-electron chi connectivity index (χ4n) is 2.18. The molecule has 0 saturated heterocycles. The van der Waals surface area contributed by atoms with Crippen molar-refractivity contribution in [3.8, 4) is 5.75 Å². The Bertz CT molecular complexity index is 942. The van der Waals surface area contributed by atoms with Crippen LogP contribution < -0.4 is 16.0 Å². The smallest absolute Gasteiger partial charge is 0.264 e. The number of carbonyl (C=O) groups excluding carboxylic acids is 1. The Morgan fingerprint density at radius 1 is 1.26 bits per heavy atom. The van der Waals surface area contributed by atoms with Crippen LogP contribution in [0.15, 0.2) is 64.9 Å². The third kappa shape index (κ3) is 4.85. The minimum absolute atomic E-state index is 0.00541. The molecule has 3 aromatic rings. The fourth-order valence-corrected chi connectivity index (χ4v) is 2.93. The van der Waals surface area contributed by atoms with E-state index in [0.717, 1.165) is 11.3 Å². The first-order chi connectivity index (χ1) is 13.2. The molecule has 2 aromatic carbocycles. The van der Waals surface area contributed by atoms with Crippen molar-refractivity contribution in [3.63, 3.8) is 0 Å². The van der Waals surface area contributed by atoms with Gasteiger partial charge >= 0.3 is 0 Å². The Kier molecular flexibility index (Phi) is 6.06. The Hall–Kier alpha value is -3.33. The lowest BCUT2D eigenvalue weighted by atomic mass is 10.2. The van der Waals surface area contributed by atoms with Crippen molar-refractivity contribution in [1.29, 1.82) is 0 Å². The predicted molar refractivity (Wildman–Crippen MR) is 106 cm³/mol. The van der Waals surface area contributed by atoms with Gasteiger partial charge in [-0.1, -0.05) is 54.2 Å². The molecule has 0 aliphatic rings. The number of nitrogens with two attached hydrogens (primary N) is 1. The summed E-state index contributed by atoms with van der Waals surface area (Å²) >= 11 is 1.21. The number of anilines is 1. The maximum atomic E-state index is 12.1. The normalized spacial score (nSPS) is 10.9. The topological polar surface area (TPSA) is 107 Å². The summed E-state index contributed by atoms with van der Waals surface area (Å²) in [6.45, 7) is 0. The van der Waals surface area contributed by atoms with Crippen LogP contribution in [-0.2, 0) is 0 Å². The van der Waals surface area contributed by atoms with Crippen LogP contribution in [-0.4, -0.2) is 39.7 Å². The van der Waals surface area contributed by atoms with E-state index in [1.165, 1.54) is 16.4 Å². The lowest BCUT2D eigenvalue weighted by Gasteiger charge is -2.03. The highest BCUT2D eigenvalue weighted by Gasteiger charge is 2.12. The SMILES string of the molecule is COc1cccc(/C=N/Nc2nnc(SCC(=O)c3ccccc3)n2N)c1. The van der Waals surface area contributed by atoms with E-state index in [4.69, 9.17) is 10.6 Å². The van der Waals surface area contributed by atoms with Crippen molar-refractivity contribution >= 4 is 29.7 Å². The van der Waals surface area contributed by atoms with Gasteiger partial charge in [-0.05, 0) is 17.7 Å². The zero-order valence-electron chi connectivity index (χ0n) is 14.6. The van der Waals surface area contributed by atoms with Crippen LogP contribution in [0.5, 0.6) is 5.75 Å². The number of nitrogen functional groups attached to an aromatic ring is 1. The van der Waals surface area contributed by atoms with Gasteiger partial charge in [0.05, 0.1) is 19.1 Å². The van der Waals surface area contributed by atoms with Crippen LogP contribution in [0.1, 0.15) is 15.9 Å². The summed E-state index contributed by atoms with van der Waals surface area (Å²) < 4.78 is 6.42. The number of nitrogens with zero attached hydrogens (tertiary/aromatic N) is 4. The molecule has 0 saturated carbocycles. The molecular formula is C18H18N6O2S. The van der Waals surface area contributed by atoms with E-state index in [-0.39, 0.29) is 17.5 Å². The Balaban J connectivity index is 1.58. The molecule has 0 atom stereocenters. The van der Waals surface area contributed by atoms with Gasteiger partial charge in [0.2, 0.25) is 5.16 Å². The molecule has 0 fully saturated rings. The van der Waals surface area contributed by atoms with Gasteiger partial charge in [-0.15, -0.1) is 10.2 Å². The van der Waals surface area contributed by atoms with Crippen molar-refractivity contribution in [3.05, 3.63) is 65.7 Å². The maximum Gasteiger partial charge on any atom is 0.264 e. The number of hydrazone groups is 1. The van der Waals surface area contributed by atoms with Crippen molar-refractivity contribution in [1.82, 2.24) is 14.9 Å². The number of nitrogens with one attached hydrogen (secondary N) is 1. The van der Waals surface area contributed by atoms with Gasteiger partial charge < -0.3 is 10.6 Å². The van der Waals surface area contributed by atoms with Crippen LogP contribution in [0.4, 0.5) is 5.95 Å². The van der Waals surface area contributed by atoms with Crippen molar-refractivity contribution in [2.24, 2.45) is 5.10 Å². The van der Waals surface area contributed by atoms with Gasteiger partial charge in [0.1, 0.15) is 5.75 Å². The van der Waals surface area contributed by atoms with E-state index >= 15 is 0 Å². The third-order valence-electron chi connectivity index (χ3n) is 3.56. The molecule has 0 radical (unpaired) electrons. The second-order valence-electron chi connectivity index (χ2n) is 5.40. The number of thioether (sulfide) groups is 1. The lowest BCUT2D eigenvalue weighted by Crippen LogP contribution is -2.14. The lowest BCUT2D eigenvalue weighted by molar-refractivity contribution is 0.102. The van der Waals surface area contributed by atoms with Crippen molar-refractivity contribution in [2.45, 2.75) is 5.16 Å². The standard InChI is InChI=1S/C18H18N6O2S/c1-26-15-9-5-6-13(10-15)11-20-21-17-22-23-18(24(17)19)27-12-16(25)14-7-3-2-4-8-14/h2-11H,12,19H2,1H3,(H,21,22)/b20-11+. The Morgan fingerprint density at radius 2 is 2.07 bits per heavy atom. The number of aromatic nitrogens is 3. The Labute approximate surface area is 160 Å². The number of hydrogen-bond acceptors (Lipinski definition) is 8. The first-order valence-electron chi connectivity index (χ1n) is 8.02. The molecule has 0 bridgehead atoms. The minimum atomic E-state index is -0.00541. The van der Waals surface area contributed by atoms with Gasteiger partial charge in [0.25, 0.3) is 5.95 Å². The zero-order chi connectivity index (χ0) is 19.1. The molecular weight excluding hydrogens is 364 g/mol. The van der Waals surface area contributed by atoms with Gasteiger partial charge in [-0.2, -0.15) is 5.10 Å². The average Bonchev–Trinajstić information content (AvgIpc) is 3.06. The maximum absolute atomic E-state index is 12.1. The van der Waals surface area contributed by atoms with E-state index in [9.17, 15) is 4.79 Å². The summed E-state index contributed by atoms with van der Waals surface area (Å²) in [5, 5.41) is 12.4. The molecule has 0 aliphatic carbocycles. The van der Waals surface area contributed by atoms with Crippen LogP contribution in [0.2, 0.25) is 0 Å². The fraction of sp³-hybridized carbons (Fsp3) is 0.111. The largest absolute Gasteiger partial charge is 0.497 e. The number of carbonyl (C=O) groups is 1. The molecule has 3 N–H and O–H groups in total. The number of hydrogen-bond donors (Lipinski definition) is 2. The monoisotopic (exact) mass is 382 g/mol. The number of Topliss-reactive ketones (excluding diaryl/α,β-unsaturated/α-hetero) is 1. The predicted octanol–water partition coefficient (Wildman–Crippen LogP) is 2.42. The highest BCUT2D eigenvalue weighted by Crippen LogP contribution is 2.18. The molecule has 138 valence electrons. The third-order valence-corrected chi connectivity index (χ3v) is 4.51. The highest BCUT2D eigenvalue weighted by atomic mass is 32.2. The summed E-state index contributed by atoms with van der Waals surface area (Å²) in [4.78, 5) is 12.1. The summed E-state index contributed by atoms with van der Waals surface area (Å²) in [5.41, 5.74) is 4.24. The van der Waals surface area contributed by atoms with Gasteiger partial charge in [0.15, 0.2) is 5.78 Å². The molecule has 3 rings (SSSR count). The molecule has 0 spiro atoms. The second kappa shape index (κ2) is 8.86. The number of ether oxygens (including phenoxy) is 1. The summed E-state index contributed by atoms with van der Waals surface area (Å²) in [7, 11) is 1.60. The highest BCUT2D eigenvalue weighted by molar-refractivity contribution is 7.99. The summed E-state index contributed by atoms with van der Waals surface area (Å²) in [6.07, 6.45) is 1.61. The molecule has 0 unspecified atom stereocenters.